The van der Waals surface area contributed by atoms with E-state index in [4.69, 9.17) is 9.47 Å². The van der Waals surface area contributed by atoms with Gasteiger partial charge < -0.3 is 9.47 Å². The lowest BCUT2D eigenvalue weighted by Crippen LogP contribution is -2.12. The summed E-state index contributed by atoms with van der Waals surface area (Å²) in [6.45, 7) is 10.7. The molecule has 0 heterocycles. The van der Waals surface area contributed by atoms with Crippen LogP contribution >= 0.6 is 0 Å². The van der Waals surface area contributed by atoms with E-state index in [0.717, 1.165) is 5.57 Å². The number of ether oxygens (including phenoxy) is 2. The number of carbonyl (C=O) groups excluding carboxylic acids is 2. The fraction of sp³-hybridized carbons (Fsp3) is 0.455. The SMILES string of the molecule is C=C(C)C(=C)OCCOC(=O)CC(C)=O. The van der Waals surface area contributed by atoms with Crippen molar-refractivity contribution in [3.8, 4) is 0 Å². The van der Waals surface area contributed by atoms with Crippen molar-refractivity contribution < 1.29 is 19.1 Å². The van der Waals surface area contributed by atoms with E-state index in [2.05, 4.69) is 13.2 Å². The topological polar surface area (TPSA) is 52.6 Å². The van der Waals surface area contributed by atoms with E-state index in [1.54, 1.807) is 6.92 Å². The Morgan fingerprint density at radius 3 is 2.07 bits per heavy atom. The Hall–Kier alpha value is -1.58. The van der Waals surface area contributed by atoms with Gasteiger partial charge >= 0.3 is 5.97 Å². The van der Waals surface area contributed by atoms with Gasteiger partial charge in [-0.25, -0.2) is 0 Å². The van der Waals surface area contributed by atoms with E-state index in [1.807, 2.05) is 0 Å². The van der Waals surface area contributed by atoms with Crippen LogP contribution in [-0.2, 0) is 19.1 Å². The monoisotopic (exact) mass is 212 g/mol. The van der Waals surface area contributed by atoms with Crippen molar-refractivity contribution in [3.05, 3.63) is 24.5 Å². The van der Waals surface area contributed by atoms with E-state index in [1.165, 1.54) is 6.92 Å². The molecule has 0 fully saturated rings. The first-order chi connectivity index (χ1) is 6.93. The normalized spacial score (nSPS) is 9.20. The van der Waals surface area contributed by atoms with Crippen LogP contribution in [0, 0.1) is 0 Å². The Bertz CT molecular complexity index is 278. The quantitative estimate of drug-likeness (QED) is 0.211. The zero-order valence-electron chi connectivity index (χ0n) is 9.17. The van der Waals surface area contributed by atoms with Gasteiger partial charge in [0.25, 0.3) is 0 Å². The smallest absolute Gasteiger partial charge is 0.313 e. The van der Waals surface area contributed by atoms with Gasteiger partial charge in [-0.05, 0) is 19.4 Å². The molecule has 0 unspecified atom stereocenters. The van der Waals surface area contributed by atoms with Gasteiger partial charge in [-0.2, -0.15) is 0 Å². The molecule has 84 valence electrons. The summed E-state index contributed by atoms with van der Waals surface area (Å²) in [7, 11) is 0. The highest BCUT2D eigenvalue weighted by Crippen LogP contribution is 2.04. The minimum Gasteiger partial charge on any atom is -0.490 e. The lowest BCUT2D eigenvalue weighted by molar-refractivity contribution is -0.146. The zero-order valence-corrected chi connectivity index (χ0v) is 9.17. The Kier molecular flexibility index (Phi) is 6.09. The van der Waals surface area contributed by atoms with Crippen LogP contribution in [-0.4, -0.2) is 25.0 Å². The van der Waals surface area contributed by atoms with Crippen molar-refractivity contribution in [1.82, 2.24) is 0 Å². The van der Waals surface area contributed by atoms with Crippen LogP contribution in [0.25, 0.3) is 0 Å². The van der Waals surface area contributed by atoms with Crippen molar-refractivity contribution in [2.45, 2.75) is 20.3 Å². The fourth-order valence-corrected chi connectivity index (χ4v) is 0.698. The van der Waals surface area contributed by atoms with Gasteiger partial charge in [0, 0.05) is 0 Å². The molecule has 0 aromatic heterocycles. The van der Waals surface area contributed by atoms with Crippen LogP contribution in [0.4, 0.5) is 0 Å². The Morgan fingerprint density at radius 2 is 1.60 bits per heavy atom. The highest BCUT2D eigenvalue weighted by molar-refractivity contribution is 5.94. The maximum absolute atomic E-state index is 10.9. The first-order valence-electron chi connectivity index (χ1n) is 4.56. The summed E-state index contributed by atoms with van der Waals surface area (Å²) in [4.78, 5) is 21.4. The molecule has 0 rings (SSSR count). The highest BCUT2D eigenvalue weighted by Gasteiger charge is 2.05. The minimum absolute atomic E-state index is 0.110. The number of rotatable bonds is 7. The van der Waals surface area contributed by atoms with E-state index in [-0.39, 0.29) is 25.4 Å². The standard InChI is InChI=1S/C11H16O4/c1-8(2)10(4)14-5-6-15-11(13)7-9(3)12/h1,4-7H2,2-3H3. The molecule has 0 aromatic carbocycles. The zero-order chi connectivity index (χ0) is 11.8. The summed E-state index contributed by atoms with van der Waals surface area (Å²) in [5.41, 5.74) is 0.727. The predicted octanol–water partition coefficient (Wildman–Crippen LogP) is 1.62. The van der Waals surface area contributed by atoms with E-state index < -0.39 is 5.97 Å². The molecule has 4 nitrogen and oxygen atoms in total. The summed E-state index contributed by atoms with van der Waals surface area (Å²) in [5.74, 6) is -0.281. The van der Waals surface area contributed by atoms with E-state index in [0.29, 0.717) is 5.76 Å². The van der Waals surface area contributed by atoms with Crippen LogP contribution in [0.2, 0.25) is 0 Å². The molecular formula is C11H16O4. The molecule has 0 aliphatic carbocycles. The molecule has 0 spiro atoms. The summed E-state index contributed by atoms with van der Waals surface area (Å²) in [6.07, 6.45) is -0.193. The molecule has 0 aliphatic heterocycles. The van der Waals surface area contributed by atoms with Crippen molar-refractivity contribution in [2.24, 2.45) is 0 Å². The predicted molar refractivity (Wildman–Crippen MR) is 56.2 cm³/mol. The average molecular weight is 212 g/mol. The molecule has 0 bridgehead atoms. The van der Waals surface area contributed by atoms with Crippen LogP contribution in [0.1, 0.15) is 20.3 Å². The Balaban J connectivity index is 3.55. The van der Waals surface area contributed by atoms with Crippen LogP contribution in [0.15, 0.2) is 24.5 Å². The Labute approximate surface area is 89.6 Å². The largest absolute Gasteiger partial charge is 0.490 e. The molecule has 0 radical (unpaired) electrons. The number of carbonyl (C=O) groups is 2. The minimum atomic E-state index is -0.535. The number of allylic oxidation sites excluding steroid dienone is 1. The molecule has 15 heavy (non-hydrogen) atoms. The first-order valence-corrected chi connectivity index (χ1v) is 4.56. The van der Waals surface area contributed by atoms with E-state index in [9.17, 15) is 9.59 Å². The number of ketones is 1. The maximum Gasteiger partial charge on any atom is 0.313 e. The fourth-order valence-electron chi connectivity index (χ4n) is 0.698. The van der Waals surface area contributed by atoms with Gasteiger partial charge in [-0.15, -0.1) is 0 Å². The number of Topliss-reactive ketones (excluding diaryl/α,β-unsaturated/α-hetero) is 1. The third-order valence-corrected chi connectivity index (χ3v) is 1.49. The summed E-state index contributed by atoms with van der Waals surface area (Å²) >= 11 is 0. The lowest BCUT2D eigenvalue weighted by Gasteiger charge is -2.08. The van der Waals surface area contributed by atoms with Gasteiger partial charge in [-0.3, -0.25) is 9.59 Å². The van der Waals surface area contributed by atoms with Crippen LogP contribution in [0.5, 0.6) is 0 Å². The molecule has 0 saturated heterocycles. The summed E-state index contributed by atoms with van der Waals surface area (Å²) in [6, 6.07) is 0. The van der Waals surface area contributed by atoms with Crippen molar-refractivity contribution in [2.75, 3.05) is 13.2 Å². The second-order valence-electron chi connectivity index (χ2n) is 3.15. The lowest BCUT2D eigenvalue weighted by atomic mass is 10.3. The molecule has 0 saturated carbocycles. The van der Waals surface area contributed by atoms with Crippen LogP contribution in [0.3, 0.4) is 0 Å². The molecule has 0 aliphatic rings. The number of hydrogen-bond donors (Lipinski definition) is 0. The van der Waals surface area contributed by atoms with Crippen LogP contribution < -0.4 is 0 Å². The van der Waals surface area contributed by atoms with Gasteiger partial charge in [0.2, 0.25) is 0 Å². The number of esters is 1. The number of hydrogen-bond acceptors (Lipinski definition) is 4. The molecule has 0 atom stereocenters. The third-order valence-electron chi connectivity index (χ3n) is 1.49. The molecular weight excluding hydrogens is 196 g/mol. The van der Waals surface area contributed by atoms with E-state index >= 15 is 0 Å². The second-order valence-corrected chi connectivity index (χ2v) is 3.15. The van der Waals surface area contributed by atoms with Crippen molar-refractivity contribution in [3.63, 3.8) is 0 Å². The highest BCUT2D eigenvalue weighted by atomic mass is 16.6. The average Bonchev–Trinajstić information content (AvgIpc) is 2.10. The molecule has 0 aromatic rings. The molecule has 0 amide bonds. The van der Waals surface area contributed by atoms with Gasteiger partial charge in [0.15, 0.2) is 0 Å². The van der Waals surface area contributed by atoms with Crippen molar-refractivity contribution in [1.29, 1.82) is 0 Å². The molecule has 0 N–H and O–H groups in total. The first kappa shape index (κ1) is 13.4. The van der Waals surface area contributed by atoms with Gasteiger partial charge in [0.1, 0.15) is 31.2 Å². The maximum atomic E-state index is 10.9. The summed E-state index contributed by atoms with van der Waals surface area (Å²) < 4.78 is 9.83. The third kappa shape index (κ3) is 7.49. The van der Waals surface area contributed by atoms with Crippen molar-refractivity contribution >= 4 is 11.8 Å². The van der Waals surface area contributed by atoms with Gasteiger partial charge in [0.05, 0.1) is 0 Å². The van der Waals surface area contributed by atoms with Gasteiger partial charge in [-0.1, -0.05) is 13.2 Å². The summed E-state index contributed by atoms with van der Waals surface area (Å²) in [5, 5.41) is 0. The second kappa shape index (κ2) is 6.81. The Morgan fingerprint density at radius 1 is 1.07 bits per heavy atom. The molecule has 4 heteroatoms.